The Morgan fingerprint density at radius 2 is 1.58 bits per heavy atom. The average Bonchev–Trinajstić information content (AvgIpc) is 3.52. The van der Waals surface area contributed by atoms with Gasteiger partial charge in [0.1, 0.15) is 5.70 Å². The molecule has 1 unspecified atom stereocenters. The highest BCUT2D eigenvalue weighted by molar-refractivity contribution is 8.00. The average molecular weight is 757 g/mol. The number of carbonyl (C=O) groups excluding carboxylic acids is 3. The van der Waals surface area contributed by atoms with Gasteiger partial charge in [-0.2, -0.15) is 0 Å². The molecule has 0 saturated carbocycles. The van der Waals surface area contributed by atoms with Crippen molar-refractivity contribution in [2.75, 3.05) is 10.6 Å². The number of rotatable bonds is 11. The summed E-state index contributed by atoms with van der Waals surface area (Å²) in [6.45, 7) is 1.91. The lowest BCUT2D eigenvalue weighted by atomic mass is 10.1. The fourth-order valence-corrected chi connectivity index (χ4v) is 7.08. The Morgan fingerprint density at radius 3 is 2.29 bits per heavy atom. The van der Waals surface area contributed by atoms with Crippen molar-refractivity contribution in [1.29, 1.82) is 0 Å². The number of halogens is 4. The zero-order valence-electron chi connectivity index (χ0n) is 25.1. The fraction of sp³-hybridized carbons (Fsp3) is 0.0857. The number of aromatic nitrogens is 1. The number of thiazole rings is 1. The predicted octanol–water partition coefficient (Wildman–Crippen LogP) is 10.3. The lowest BCUT2D eigenvalue weighted by Gasteiger charge is -2.15. The van der Waals surface area contributed by atoms with E-state index in [9.17, 15) is 14.4 Å². The number of nitrogens with zero attached hydrogens (tertiary/aromatic N) is 1. The Hall–Kier alpha value is -3.83. The van der Waals surface area contributed by atoms with E-state index in [1.807, 2.05) is 18.4 Å². The molecule has 48 heavy (non-hydrogen) atoms. The van der Waals surface area contributed by atoms with Crippen LogP contribution in [0.5, 0.6) is 0 Å². The number of benzene rings is 4. The van der Waals surface area contributed by atoms with Gasteiger partial charge in [0.25, 0.3) is 11.8 Å². The van der Waals surface area contributed by atoms with Gasteiger partial charge in [-0.15, -0.1) is 23.1 Å². The van der Waals surface area contributed by atoms with Gasteiger partial charge in [-0.1, -0.05) is 83.7 Å². The van der Waals surface area contributed by atoms with Crippen molar-refractivity contribution in [3.8, 4) is 11.3 Å². The summed E-state index contributed by atoms with van der Waals surface area (Å²) in [5.74, 6) is -1.25. The first-order valence-electron chi connectivity index (χ1n) is 14.4. The second-order valence-electron chi connectivity index (χ2n) is 10.2. The van der Waals surface area contributed by atoms with E-state index in [0.29, 0.717) is 59.7 Å². The van der Waals surface area contributed by atoms with E-state index >= 15 is 0 Å². The maximum atomic E-state index is 13.6. The summed E-state index contributed by atoms with van der Waals surface area (Å²) in [7, 11) is 0. The van der Waals surface area contributed by atoms with Crippen LogP contribution in [0, 0.1) is 0 Å². The van der Waals surface area contributed by atoms with Crippen LogP contribution in [-0.2, 0) is 9.59 Å². The molecule has 1 aromatic heterocycles. The summed E-state index contributed by atoms with van der Waals surface area (Å²) in [5, 5.41) is 12.0. The first-order chi connectivity index (χ1) is 23.1. The smallest absolute Gasteiger partial charge is 0.272 e. The van der Waals surface area contributed by atoms with E-state index in [4.69, 9.17) is 46.4 Å². The van der Waals surface area contributed by atoms with Crippen LogP contribution in [-0.4, -0.2) is 28.0 Å². The zero-order chi connectivity index (χ0) is 34.2. The van der Waals surface area contributed by atoms with Crippen LogP contribution in [0.3, 0.4) is 0 Å². The molecule has 1 heterocycles. The van der Waals surface area contributed by atoms with E-state index < -0.39 is 17.1 Å². The highest BCUT2D eigenvalue weighted by Gasteiger charge is 2.21. The Balaban J connectivity index is 1.29. The van der Waals surface area contributed by atoms with Crippen molar-refractivity contribution >= 4 is 104 Å². The topological polar surface area (TPSA) is 100 Å². The number of amides is 3. The van der Waals surface area contributed by atoms with E-state index in [2.05, 4.69) is 20.9 Å². The first-order valence-corrected chi connectivity index (χ1v) is 17.7. The molecule has 5 rings (SSSR count). The third-order valence-electron chi connectivity index (χ3n) is 6.77. The number of thioether (sulfide) groups is 1. The van der Waals surface area contributed by atoms with Crippen molar-refractivity contribution in [3.63, 3.8) is 0 Å². The number of anilines is 2. The molecule has 0 fully saturated rings. The lowest BCUT2D eigenvalue weighted by Crippen LogP contribution is -2.30. The second-order valence-corrected chi connectivity index (χ2v) is 14.0. The van der Waals surface area contributed by atoms with Crippen molar-refractivity contribution in [1.82, 2.24) is 10.3 Å². The van der Waals surface area contributed by atoms with Gasteiger partial charge >= 0.3 is 0 Å². The minimum atomic E-state index is -0.572. The minimum absolute atomic E-state index is 0.0281. The molecule has 0 aliphatic rings. The summed E-state index contributed by atoms with van der Waals surface area (Å²) in [5.41, 5.74) is 2.65. The third-order valence-corrected chi connectivity index (χ3v) is 9.99. The van der Waals surface area contributed by atoms with Crippen molar-refractivity contribution in [2.24, 2.45) is 0 Å². The SMILES string of the molecule is CCC(Sc1cccc(NC(=O)/C(=C\c2ccc(Cl)cc2Cl)NC(=O)c2ccccc2)c1)C(=O)Nc1nc(-c2ccc(Cl)cc2Cl)cs1. The van der Waals surface area contributed by atoms with Gasteiger partial charge in [0.15, 0.2) is 5.13 Å². The van der Waals surface area contributed by atoms with Crippen LogP contribution in [0.4, 0.5) is 10.8 Å². The van der Waals surface area contributed by atoms with Gasteiger partial charge in [-0.25, -0.2) is 4.98 Å². The van der Waals surface area contributed by atoms with Gasteiger partial charge in [-0.05, 0) is 78.7 Å². The molecule has 244 valence electrons. The number of hydrogen-bond donors (Lipinski definition) is 3. The van der Waals surface area contributed by atoms with Crippen LogP contribution >= 0.6 is 69.5 Å². The van der Waals surface area contributed by atoms with E-state index in [0.717, 1.165) is 4.90 Å². The molecule has 0 aliphatic heterocycles. The Morgan fingerprint density at radius 1 is 0.854 bits per heavy atom. The molecular formula is C35H26Cl4N4O3S2. The molecule has 3 amide bonds. The first kappa shape index (κ1) is 35.5. The molecule has 0 bridgehead atoms. The molecule has 0 spiro atoms. The normalized spacial score (nSPS) is 11.9. The van der Waals surface area contributed by atoms with Gasteiger partial charge in [0, 0.05) is 42.2 Å². The molecule has 7 nitrogen and oxygen atoms in total. The number of carbonyl (C=O) groups is 3. The Kier molecular flexibility index (Phi) is 12.2. The van der Waals surface area contributed by atoms with Crippen LogP contribution in [0.2, 0.25) is 20.1 Å². The predicted molar refractivity (Wildman–Crippen MR) is 200 cm³/mol. The van der Waals surface area contributed by atoms with Gasteiger partial charge in [-0.3, -0.25) is 14.4 Å². The minimum Gasteiger partial charge on any atom is -0.321 e. The van der Waals surface area contributed by atoms with Crippen LogP contribution in [0.1, 0.15) is 29.3 Å². The molecule has 0 aliphatic carbocycles. The lowest BCUT2D eigenvalue weighted by molar-refractivity contribution is -0.116. The standard InChI is InChI=1S/C35H26Cl4N4O3S2/c1-2-31(34(46)43-35-42-30(19-47-35)26-14-13-23(37)17-28(26)39)48-25-10-6-9-24(18-25)40-33(45)29(15-21-11-12-22(36)16-27(21)38)41-32(44)20-7-4-3-5-8-20/h3-19,31H,2H2,1H3,(H,40,45)(H,41,44)(H,42,43,46)/b29-15+. The second kappa shape index (κ2) is 16.5. The fourth-order valence-electron chi connectivity index (χ4n) is 4.39. The summed E-state index contributed by atoms with van der Waals surface area (Å²) < 4.78 is 0. The largest absolute Gasteiger partial charge is 0.321 e. The molecular weight excluding hydrogens is 730 g/mol. The van der Waals surface area contributed by atoms with Gasteiger partial charge < -0.3 is 16.0 Å². The number of nitrogens with one attached hydrogen (secondary N) is 3. The number of hydrogen-bond acceptors (Lipinski definition) is 6. The maximum absolute atomic E-state index is 13.6. The van der Waals surface area contributed by atoms with Crippen LogP contribution in [0.25, 0.3) is 17.3 Å². The Bertz CT molecular complexity index is 2000. The van der Waals surface area contributed by atoms with Crippen molar-refractivity contribution in [2.45, 2.75) is 23.5 Å². The van der Waals surface area contributed by atoms with E-state index in [1.165, 1.54) is 29.2 Å². The molecule has 13 heteroatoms. The van der Waals surface area contributed by atoms with Gasteiger partial charge in [0.05, 0.1) is 16.0 Å². The molecule has 4 aromatic carbocycles. The summed E-state index contributed by atoms with van der Waals surface area (Å²) in [4.78, 5) is 45.1. The van der Waals surface area contributed by atoms with E-state index in [1.54, 1.807) is 84.9 Å². The highest BCUT2D eigenvalue weighted by Crippen LogP contribution is 2.34. The Labute approximate surface area is 305 Å². The van der Waals surface area contributed by atoms with Crippen LogP contribution < -0.4 is 16.0 Å². The van der Waals surface area contributed by atoms with Crippen molar-refractivity contribution < 1.29 is 14.4 Å². The monoisotopic (exact) mass is 754 g/mol. The zero-order valence-corrected chi connectivity index (χ0v) is 29.8. The molecule has 0 radical (unpaired) electrons. The summed E-state index contributed by atoms with van der Waals surface area (Å²) in [6.07, 6.45) is 2.02. The maximum Gasteiger partial charge on any atom is 0.272 e. The van der Waals surface area contributed by atoms with Gasteiger partial charge in [0.2, 0.25) is 5.91 Å². The molecule has 5 aromatic rings. The molecule has 3 N–H and O–H groups in total. The summed E-state index contributed by atoms with van der Waals surface area (Å²) >= 11 is 27.4. The highest BCUT2D eigenvalue weighted by atomic mass is 35.5. The van der Waals surface area contributed by atoms with Crippen molar-refractivity contribution in [3.05, 3.63) is 133 Å². The quantitative estimate of drug-likeness (QED) is 0.0921. The molecule has 1 atom stereocenters. The summed E-state index contributed by atoms with van der Waals surface area (Å²) in [6, 6.07) is 25.6. The molecule has 0 saturated heterocycles. The van der Waals surface area contributed by atoms with E-state index in [-0.39, 0.29) is 11.6 Å². The van der Waals surface area contributed by atoms with Crippen LogP contribution in [0.15, 0.2) is 107 Å². The third kappa shape index (κ3) is 9.41.